The minimum atomic E-state index is -1.68. The third-order valence-electron chi connectivity index (χ3n) is 4.90. The second-order valence-electron chi connectivity index (χ2n) is 6.75. The number of benzene rings is 2. The summed E-state index contributed by atoms with van der Waals surface area (Å²) in [6, 6.07) is 18.8. The van der Waals surface area contributed by atoms with Crippen molar-refractivity contribution in [3.63, 3.8) is 0 Å². The Morgan fingerprint density at radius 1 is 1.04 bits per heavy atom. The summed E-state index contributed by atoms with van der Waals surface area (Å²) >= 11 is 0. The highest BCUT2D eigenvalue weighted by Gasteiger charge is 2.48. The number of hydrogen-bond acceptors (Lipinski definition) is 4. The zero-order valence-corrected chi connectivity index (χ0v) is 15.1. The molecule has 1 heterocycles. The van der Waals surface area contributed by atoms with Gasteiger partial charge >= 0.3 is 0 Å². The van der Waals surface area contributed by atoms with Gasteiger partial charge in [-0.15, -0.1) is 0 Å². The van der Waals surface area contributed by atoms with Crippen molar-refractivity contribution < 1.29 is 14.7 Å². The van der Waals surface area contributed by atoms with Crippen LogP contribution in [0.25, 0.3) is 0 Å². The number of carbonyl (C=O) groups excluding carboxylic acids is 2. The summed E-state index contributed by atoms with van der Waals surface area (Å²) in [4.78, 5) is 27.2. The average molecular weight is 349 g/mol. The first-order chi connectivity index (χ1) is 12.4. The Balaban J connectivity index is 1.79. The van der Waals surface area contributed by atoms with Gasteiger partial charge in [0.1, 0.15) is 0 Å². The maximum Gasteiger partial charge on any atom is 0.220 e. The third kappa shape index (κ3) is 3.33. The van der Waals surface area contributed by atoms with Crippen molar-refractivity contribution in [3.05, 3.63) is 83.1 Å². The Bertz CT molecular complexity index is 838. The van der Waals surface area contributed by atoms with Gasteiger partial charge in [0.25, 0.3) is 0 Å². The predicted octanol–water partition coefficient (Wildman–Crippen LogP) is 3.37. The quantitative estimate of drug-likeness (QED) is 0.642. The number of hydrogen-bond donors (Lipinski definition) is 1. The molecule has 1 N–H and O–H groups in total. The molecule has 0 saturated carbocycles. The van der Waals surface area contributed by atoms with E-state index in [9.17, 15) is 14.7 Å². The van der Waals surface area contributed by atoms with E-state index in [0.29, 0.717) is 17.8 Å². The van der Waals surface area contributed by atoms with Gasteiger partial charge in [-0.05, 0) is 32.3 Å². The van der Waals surface area contributed by atoms with Gasteiger partial charge in [-0.2, -0.15) is 0 Å². The molecule has 4 heteroatoms. The first-order valence-electron chi connectivity index (χ1n) is 8.82. The van der Waals surface area contributed by atoms with Gasteiger partial charge in [0, 0.05) is 17.8 Å². The Labute approximate surface area is 153 Å². The molecule has 0 aromatic heterocycles. The topological polar surface area (TPSA) is 57.6 Å². The molecule has 0 amide bonds. The van der Waals surface area contributed by atoms with Gasteiger partial charge in [-0.1, -0.05) is 60.7 Å². The van der Waals surface area contributed by atoms with Crippen molar-refractivity contribution in [2.24, 2.45) is 0 Å². The van der Waals surface area contributed by atoms with Gasteiger partial charge < -0.3 is 10.0 Å². The van der Waals surface area contributed by atoms with Crippen LogP contribution >= 0.6 is 0 Å². The lowest BCUT2D eigenvalue weighted by Crippen LogP contribution is -2.47. The molecule has 0 spiro atoms. The number of Topliss-reactive ketones (excluding diaryl/α,β-unsaturated/α-hetero) is 2. The number of carbonyl (C=O) groups is 2. The molecule has 0 unspecified atom stereocenters. The molecule has 3 rings (SSSR count). The number of aliphatic hydroxyl groups is 1. The number of rotatable bonds is 6. The minimum Gasteiger partial charge on any atom is -0.364 e. The van der Waals surface area contributed by atoms with E-state index in [4.69, 9.17) is 0 Å². The van der Waals surface area contributed by atoms with Crippen molar-refractivity contribution in [2.45, 2.75) is 32.4 Å². The predicted molar refractivity (Wildman–Crippen MR) is 101 cm³/mol. The van der Waals surface area contributed by atoms with Crippen molar-refractivity contribution in [1.29, 1.82) is 0 Å². The van der Waals surface area contributed by atoms with Crippen molar-refractivity contribution in [1.82, 2.24) is 4.90 Å². The molecular formula is C22H23NO3. The molecule has 2 aromatic carbocycles. The Morgan fingerprint density at radius 2 is 1.62 bits per heavy atom. The standard InChI is InChI=1S/C22H23NO3/c1-16-19(20(24)18-13-7-4-8-14-18)21(25)22(2,26)23(16)15-9-12-17-10-5-3-6-11-17/h3-8,10-11,13-14,26H,9,12,15H2,1-2H3/t22-/m1/s1. The first-order valence-corrected chi connectivity index (χ1v) is 8.82. The van der Waals surface area contributed by atoms with Crippen LogP contribution in [0, 0.1) is 0 Å². The second kappa shape index (κ2) is 7.26. The second-order valence-corrected chi connectivity index (χ2v) is 6.75. The summed E-state index contributed by atoms with van der Waals surface area (Å²) in [5, 5.41) is 10.7. The van der Waals surface area contributed by atoms with Gasteiger partial charge in [0.15, 0.2) is 11.5 Å². The third-order valence-corrected chi connectivity index (χ3v) is 4.90. The Kier molecular flexibility index (Phi) is 5.05. The van der Waals surface area contributed by atoms with Crippen LogP contribution in [-0.2, 0) is 11.2 Å². The number of ketones is 2. The van der Waals surface area contributed by atoms with Crippen LogP contribution in [0.5, 0.6) is 0 Å². The van der Waals surface area contributed by atoms with E-state index >= 15 is 0 Å². The molecule has 2 aromatic rings. The summed E-state index contributed by atoms with van der Waals surface area (Å²) in [7, 11) is 0. The van der Waals surface area contributed by atoms with Crippen LogP contribution in [0.1, 0.15) is 36.2 Å². The fraction of sp³-hybridized carbons (Fsp3) is 0.273. The highest BCUT2D eigenvalue weighted by atomic mass is 16.3. The van der Waals surface area contributed by atoms with Crippen LogP contribution in [0.3, 0.4) is 0 Å². The smallest absolute Gasteiger partial charge is 0.220 e. The van der Waals surface area contributed by atoms with E-state index in [0.717, 1.165) is 12.8 Å². The lowest BCUT2D eigenvalue weighted by atomic mass is 9.97. The Morgan fingerprint density at radius 3 is 2.23 bits per heavy atom. The molecule has 1 aliphatic heterocycles. The van der Waals surface area contributed by atoms with E-state index in [-0.39, 0.29) is 11.4 Å². The zero-order valence-electron chi connectivity index (χ0n) is 15.1. The molecule has 0 saturated heterocycles. The van der Waals surface area contributed by atoms with Crippen LogP contribution in [0.2, 0.25) is 0 Å². The van der Waals surface area contributed by atoms with E-state index < -0.39 is 11.5 Å². The molecule has 1 atom stereocenters. The van der Waals surface area contributed by atoms with Crippen molar-refractivity contribution in [3.8, 4) is 0 Å². The lowest BCUT2D eigenvalue weighted by Gasteiger charge is -2.32. The molecule has 1 aliphatic rings. The van der Waals surface area contributed by atoms with Crippen molar-refractivity contribution in [2.75, 3.05) is 6.54 Å². The van der Waals surface area contributed by atoms with Crippen LogP contribution < -0.4 is 0 Å². The number of nitrogens with zero attached hydrogens (tertiary/aromatic N) is 1. The molecule has 0 radical (unpaired) electrons. The minimum absolute atomic E-state index is 0.0842. The lowest BCUT2D eigenvalue weighted by molar-refractivity contribution is -0.143. The van der Waals surface area contributed by atoms with Gasteiger partial charge in [0.2, 0.25) is 5.78 Å². The molecule has 134 valence electrons. The maximum atomic E-state index is 12.8. The fourth-order valence-corrected chi connectivity index (χ4v) is 3.46. The highest BCUT2D eigenvalue weighted by molar-refractivity contribution is 6.29. The molecule has 0 bridgehead atoms. The maximum absolute atomic E-state index is 12.8. The SMILES string of the molecule is CC1=C(C(=O)c2ccccc2)C(=O)[C@@](C)(O)N1CCCc1ccccc1. The van der Waals surface area contributed by atoms with Crippen LogP contribution in [0.4, 0.5) is 0 Å². The number of aryl methyl sites for hydroxylation is 1. The molecular weight excluding hydrogens is 326 g/mol. The molecule has 0 fully saturated rings. The van der Waals surface area contributed by atoms with Crippen molar-refractivity contribution >= 4 is 11.6 Å². The largest absolute Gasteiger partial charge is 0.364 e. The summed E-state index contributed by atoms with van der Waals surface area (Å²) in [5.41, 5.74) is 0.612. The van der Waals surface area contributed by atoms with Crippen LogP contribution in [0.15, 0.2) is 71.9 Å². The monoisotopic (exact) mass is 349 g/mol. The fourth-order valence-electron chi connectivity index (χ4n) is 3.46. The van der Waals surface area contributed by atoms with E-state index in [1.165, 1.54) is 12.5 Å². The summed E-state index contributed by atoms with van der Waals surface area (Å²) in [6.45, 7) is 3.70. The van der Waals surface area contributed by atoms with E-state index in [1.54, 1.807) is 36.1 Å². The van der Waals surface area contributed by atoms with Gasteiger partial charge in [0.05, 0.1) is 5.57 Å². The first kappa shape index (κ1) is 18.1. The van der Waals surface area contributed by atoms with Gasteiger partial charge in [-0.3, -0.25) is 9.59 Å². The summed E-state index contributed by atoms with van der Waals surface area (Å²) < 4.78 is 0. The molecule has 0 aliphatic carbocycles. The molecule has 26 heavy (non-hydrogen) atoms. The van der Waals surface area contributed by atoms with Crippen LogP contribution in [-0.4, -0.2) is 33.8 Å². The highest BCUT2D eigenvalue weighted by Crippen LogP contribution is 2.34. The Hall–Kier alpha value is -2.72. The van der Waals surface area contributed by atoms with Gasteiger partial charge in [-0.25, -0.2) is 0 Å². The van der Waals surface area contributed by atoms with E-state index in [2.05, 4.69) is 12.1 Å². The average Bonchev–Trinajstić information content (AvgIpc) is 2.82. The number of allylic oxidation sites excluding steroid dienone is 1. The normalized spacial score (nSPS) is 20.0. The zero-order chi connectivity index (χ0) is 18.7. The molecule has 4 nitrogen and oxygen atoms in total. The summed E-state index contributed by atoms with van der Waals surface area (Å²) in [5.74, 6) is -0.859. The van der Waals surface area contributed by atoms with E-state index in [1.807, 2.05) is 24.3 Å². The summed E-state index contributed by atoms with van der Waals surface area (Å²) in [6.07, 6.45) is 1.62.